The third-order valence-electron chi connectivity index (χ3n) is 2.62. The largest absolute Gasteiger partial charge is 0.388 e. The van der Waals surface area contributed by atoms with Crippen LogP contribution >= 0.6 is 0 Å². The molecule has 0 aliphatic heterocycles. The van der Waals surface area contributed by atoms with Crippen LogP contribution in [0.4, 0.5) is 5.69 Å². The number of nitrogens with one attached hydrogen (secondary N) is 1. The Balaban J connectivity index is 1.92. The van der Waals surface area contributed by atoms with E-state index in [4.69, 9.17) is 0 Å². The Kier molecular flexibility index (Phi) is 4.10. The first-order chi connectivity index (χ1) is 8.75. The van der Waals surface area contributed by atoms with Gasteiger partial charge in [-0.15, -0.1) is 0 Å². The molecule has 0 spiro atoms. The van der Waals surface area contributed by atoms with Gasteiger partial charge in [0.2, 0.25) is 5.91 Å². The zero-order valence-corrected chi connectivity index (χ0v) is 9.91. The molecule has 0 aliphatic rings. The molecule has 0 bridgehead atoms. The van der Waals surface area contributed by atoms with Gasteiger partial charge in [-0.05, 0) is 17.7 Å². The van der Waals surface area contributed by atoms with Crippen LogP contribution in [0.5, 0.6) is 0 Å². The second kappa shape index (κ2) is 5.98. The standard InChI is InChI=1S/C15H15NO2/c17-14(12-7-3-1-4-8-12)11-15(18)16-13-9-5-2-6-10-13/h1-10,14,17H,11H2,(H,16,18). The molecule has 0 radical (unpaired) electrons. The van der Waals surface area contributed by atoms with E-state index in [1.165, 1.54) is 0 Å². The number of benzene rings is 2. The van der Waals surface area contributed by atoms with Crippen LogP contribution in [0.1, 0.15) is 18.1 Å². The van der Waals surface area contributed by atoms with Crippen molar-refractivity contribution in [3.8, 4) is 0 Å². The van der Waals surface area contributed by atoms with E-state index in [0.717, 1.165) is 11.3 Å². The zero-order chi connectivity index (χ0) is 12.8. The number of hydrogen-bond donors (Lipinski definition) is 2. The van der Waals surface area contributed by atoms with Crippen LogP contribution in [0, 0.1) is 0 Å². The van der Waals surface area contributed by atoms with Gasteiger partial charge in [0.1, 0.15) is 0 Å². The molecule has 1 atom stereocenters. The number of amides is 1. The van der Waals surface area contributed by atoms with Crippen molar-refractivity contribution in [2.75, 3.05) is 5.32 Å². The number of hydrogen-bond acceptors (Lipinski definition) is 2. The number of anilines is 1. The summed E-state index contributed by atoms with van der Waals surface area (Å²) in [4.78, 5) is 11.7. The van der Waals surface area contributed by atoms with Gasteiger partial charge in [0.05, 0.1) is 12.5 Å². The summed E-state index contributed by atoms with van der Waals surface area (Å²) in [6.45, 7) is 0. The minimum atomic E-state index is -0.769. The molecule has 2 N–H and O–H groups in total. The average molecular weight is 241 g/mol. The fraction of sp³-hybridized carbons (Fsp3) is 0.133. The highest BCUT2D eigenvalue weighted by Crippen LogP contribution is 2.17. The van der Waals surface area contributed by atoms with E-state index in [2.05, 4.69) is 5.32 Å². The second-order valence-corrected chi connectivity index (χ2v) is 4.04. The average Bonchev–Trinajstić information content (AvgIpc) is 2.40. The van der Waals surface area contributed by atoms with E-state index in [0.29, 0.717) is 0 Å². The van der Waals surface area contributed by atoms with E-state index in [-0.39, 0.29) is 12.3 Å². The summed E-state index contributed by atoms with van der Waals surface area (Å²) < 4.78 is 0. The van der Waals surface area contributed by atoms with Crippen molar-refractivity contribution in [2.45, 2.75) is 12.5 Å². The smallest absolute Gasteiger partial charge is 0.227 e. The van der Waals surface area contributed by atoms with Crippen molar-refractivity contribution in [1.82, 2.24) is 0 Å². The molecule has 0 saturated heterocycles. The monoisotopic (exact) mass is 241 g/mol. The Morgan fingerprint density at radius 1 is 1.00 bits per heavy atom. The van der Waals surface area contributed by atoms with E-state index >= 15 is 0 Å². The maximum Gasteiger partial charge on any atom is 0.227 e. The van der Waals surface area contributed by atoms with Crippen LogP contribution < -0.4 is 5.32 Å². The molecule has 18 heavy (non-hydrogen) atoms. The predicted molar refractivity (Wildman–Crippen MR) is 71.1 cm³/mol. The molecule has 1 amide bonds. The number of carbonyl (C=O) groups is 1. The fourth-order valence-electron chi connectivity index (χ4n) is 1.70. The van der Waals surface area contributed by atoms with E-state index in [1.54, 1.807) is 12.1 Å². The lowest BCUT2D eigenvalue weighted by Crippen LogP contribution is -2.15. The summed E-state index contributed by atoms with van der Waals surface area (Å²) >= 11 is 0. The van der Waals surface area contributed by atoms with Gasteiger partial charge in [-0.3, -0.25) is 4.79 Å². The van der Waals surface area contributed by atoms with Crippen molar-refractivity contribution < 1.29 is 9.90 Å². The van der Waals surface area contributed by atoms with Gasteiger partial charge >= 0.3 is 0 Å². The van der Waals surface area contributed by atoms with Crippen molar-refractivity contribution in [2.24, 2.45) is 0 Å². The van der Waals surface area contributed by atoms with Crippen LogP contribution in [-0.4, -0.2) is 11.0 Å². The highest BCUT2D eigenvalue weighted by molar-refractivity contribution is 5.91. The molecule has 2 aromatic rings. The first kappa shape index (κ1) is 12.3. The number of aliphatic hydroxyl groups excluding tert-OH is 1. The summed E-state index contributed by atoms with van der Waals surface area (Å²) in [5, 5.41) is 12.7. The lowest BCUT2D eigenvalue weighted by atomic mass is 10.1. The van der Waals surface area contributed by atoms with E-state index < -0.39 is 6.10 Å². The minimum Gasteiger partial charge on any atom is -0.388 e. The second-order valence-electron chi connectivity index (χ2n) is 4.04. The molecule has 2 rings (SSSR count). The normalized spacial score (nSPS) is 11.8. The Labute approximate surface area is 106 Å². The molecule has 0 aliphatic carbocycles. The van der Waals surface area contributed by atoms with Gasteiger partial charge in [0.15, 0.2) is 0 Å². The van der Waals surface area contributed by atoms with Gasteiger partial charge in [-0.1, -0.05) is 48.5 Å². The molecule has 0 aromatic heterocycles. The Hall–Kier alpha value is -2.13. The molecule has 3 heteroatoms. The highest BCUT2D eigenvalue weighted by Gasteiger charge is 2.12. The van der Waals surface area contributed by atoms with Gasteiger partial charge in [0, 0.05) is 5.69 Å². The quantitative estimate of drug-likeness (QED) is 0.864. The Morgan fingerprint density at radius 2 is 1.56 bits per heavy atom. The van der Waals surface area contributed by atoms with Gasteiger partial charge in [-0.2, -0.15) is 0 Å². The van der Waals surface area contributed by atoms with Crippen LogP contribution in [0.3, 0.4) is 0 Å². The van der Waals surface area contributed by atoms with Crippen LogP contribution in [0.2, 0.25) is 0 Å². The SMILES string of the molecule is O=C(CC(O)c1ccccc1)Nc1ccccc1. The fourth-order valence-corrected chi connectivity index (χ4v) is 1.70. The van der Waals surface area contributed by atoms with Crippen molar-refractivity contribution in [3.63, 3.8) is 0 Å². The van der Waals surface area contributed by atoms with Gasteiger partial charge < -0.3 is 10.4 Å². The lowest BCUT2D eigenvalue weighted by molar-refractivity contribution is -0.118. The van der Waals surface area contributed by atoms with Gasteiger partial charge in [-0.25, -0.2) is 0 Å². The third kappa shape index (κ3) is 3.43. The number of aliphatic hydroxyl groups is 1. The van der Waals surface area contributed by atoms with Crippen LogP contribution in [-0.2, 0) is 4.79 Å². The molecule has 0 fully saturated rings. The summed E-state index contributed by atoms with van der Waals surface area (Å²) in [6, 6.07) is 18.4. The molecular weight excluding hydrogens is 226 g/mol. The van der Waals surface area contributed by atoms with Crippen molar-refractivity contribution in [3.05, 3.63) is 66.2 Å². The predicted octanol–water partition coefficient (Wildman–Crippen LogP) is 2.75. The first-order valence-electron chi connectivity index (χ1n) is 5.83. The van der Waals surface area contributed by atoms with Crippen LogP contribution in [0.25, 0.3) is 0 Å². The van der Waals surface area contributed by atoms with Gasteiger partial charge in [0.25, 0.3) is 0 Å². The lowest BCUT2D eigenvalue weighted by Gasteiger charge is -2.11. The summed E-state index contributed by atoms with van der Waals surface area (Å²) in [6.07, 6.45) is -0.714. The first-order valence-corrected chi connectivity index (χ1v) is 5.83. The maximum atomic E-state index is 11.7. The molecular formula is C15H15NO2. The molecule has 1 unspecified atom stereocenters. The number of para-hydroxylation sites is 1. The minimum absolute atomic E-state index is 0.0545. The van der Waals surface area contributed by atoms with E-state index in [1.807, 2.05) is 48.5 Å². The Morgan fingerprint density at radius 3 is 2.17 bits per heavy atom. The highest BCUT2D eigenvalue weighted by atomic mass is 16.3. The maximum absolute atomic E-state index is 11.7. The number of carbonyl (C=O) groups excluding carboxylic acids is 1. The van der Waals surface area contributed by atoms with Crippen molar-refractivity contribution >= 4 is 11.6 Å². The summed E-state index contributed by atoms with van der Waals surface area (Å²) in [5.74, 6) is -0.197. The van der Waals surface area contributed by atoms with E-state index in [9.17, 15) is 9.90 Å². The number of rotatable bonds is 4. The molecule has 92 valence electrons. The Bertz CT molecular complexity index is 496. The molecule has 2 aromatic carbocycles. The topological polar surface area (TPSA) is 49.3 Å². The van der Waals surface area contributed by atoms with Crippen LogP contribution in [0.15, 0.2) is 60.7 Å². The van der Waals surface area contributed by atoms with Crippen molar-refractivity contribution in [1.29, 1.82) is 0 Å². The molecule has 0 saturated carbocycles. The molecule has 3 nitrogen and oxygen atoms in total. The zero-order valence-electron chi connectivity index (χ0n) is 9.91. The summed E-state index contributed by atoms with van der Waals surface area (Å²) in [7, 11) is 0. The summed E-state index contributed by atoms with van der Waals surface area (Å²) in [5.41, 5.74) is 1.49. The third-order valence-corrected chi connectivity index (χ3v) is 2.62. The molecule has 0 heterocycles.